The smallest absolute Gasteiger partial charge is 0.311 e. The molecular weight excluding hydrogens is 324 g/mol. The summed E-state index contributed by atoms with van der Waals surface area (Å²) in [5.74, 6) is -0.696. The van der Waals surface area contributed by atoms with E-state index < -0.39 is 28.1 Å². The minimum Gasteiger partial charge on any atom is -0.461 e. The summed E-state index contributed by atoms with van der Waals surface area (Å²) in [5, 5.41) is 11.7. The van der Waals surface area contributed by atoms with Gasteiger partial charge in [-0.15, -0.1) is 0 Å². The lowest BCUT2D eigenvalue weighted by Crippen LogP contribution is -2.73. The van der Waals surface area contributed by atoms with E-state index in [1.807, 2.05) is 6.92 Å². The fourth-order valence-corrected chi connectivity index (χ4v) is 4.77. The van der Waals surface area contributed by atoms with Crippen LogP contribution in [0.2, 0.25) is 0 Å². The molecule has 0 aromatic rings. The van der Waals surface area contributed by atoms with Crippen LogP contribution in [0, 0.1) is 10.8 Å². The average molecular weight is 352 g/mol. The lowest BCUT2D eigenvalue weighted by Gasteiger charge is -2.60. The standard InChI is InChI=1S/C19H28O6/c1-16(2,3)15(22)25-14-6-5-8-19(23)17(14,4)9-7-13(21)18(19)10-12(20)11-24-18/h14,23H,5-11H2,1-4H3/t14-,17+,18+,19-/m0/s1. The molecule has 3 rings (SSSR count). The predicted molar refractivity (Wildman–Crippen MR) is 88.8 cm³/mol. The topological polar surface area (TPSA) is 89.9 Å². The summed E-state index contributed by atoms with van der Waals surface area (Å²) >= 11 is 0. The van der Waals surface area contributed by atoms with Crippen molar-refractivity contribution in [1.82, 2.24) is 0 Å². The van der Waals surface area contributed by atoms with Crippen molar-refractivity contribution in [2.24, 2.45) is 10.8 Å². The maximum absolute atomic E-state index is 12.7. The van der Waals surface area contributed by atoms with E-state index in [1.54, 1.807) is 20.8 Å². The zero-order chi connectivity index (χ0) is 18.7. The van der Waals surface area contributed by atoms with Gasteiger partial charge in [0.25, 0.3) is 0 Å². The van der Waals surface area contributed by atoms with Crippen LogP contribution in [-0.2, 0) is 23.9 Å². The van der Waals surface area contributed by atoms with Gasteiger partial charge < -0.3 is 14.6 Å². The van der Waals surface area contributed by atoms with Crippen molar-refractivity contribution in [1.29, 1.82) is 0 Å². The van der Waals surface area contributed by atoms with E-state index in [-0.39, 0.29) is 37.0 Å². The highest BCUT2D eigenvalue weighted by atomic mass is 16.6. The van der Waals surface area contributed by atoms with E-state index in [2.05, 4.69) is 0 Å². The minimum absolute atomic E-state index is 0.0855. The molecule has 6 nitrogen and oxygen atoms in total. The van der Waals surface area contributed by atoms with Crippen LogP contribution in [0.3, 0.4) is 0 Å². The molecule has 140 valence electrons. The Morgan fingerprint density at radius 2 is 1.96 bits per heavy atom. The van der Waals surface area contributed by atoms with Crippen molar-refractivity contribution in [3.63, 3.8) is 0 Å². The first-order valence-corrected chi connectivity index (χ1v) is 9.09. The van der Waals surface area contributed by atoms with E-state index in [4.69, 9.17) is 9.47 Å². The highest BCUT2D eigenvalue weighted by Crippen LogP contribution is 2.60. The highest BCUT2D eigenvalue weighted by molar-refractivity contribution is 5.98. The average Bonchev–Trinajstić information content (AvgIpc) is 2.91. The summed E-state index contributed by atoms with van der Waals surface area (Å²) in [4.78, 5) is 37.0. The number of hydrogen-bond acceptors (Lipinski definition) is 6. The first-order chi connectivity index (χ1) is 11.5. The molecule has 6 heteroatoms. The first-order valence-electron chi connectivity index (χ1n) is 9.09. The van der Waals surface area contributed by atoms with Gasteiger partial charge in [0.1, 0.15) is 18.3 Å². The molecule has 3 fully saturated rings. The number of Topliss-reactive ketones (excluding diaryl/α,β-unsaturated/α-hetero) is 2. The summed E-state index contributed by atoms with van der Waals surface area (Å²) < 4.78 is 11.5. The van der Waals surface area contributed by atoms with E-state index in [0.29, 0.717) is 25.7 Å². The molecule has 1 heterocycles. The van der Waals surface area contributed by atoms with E-state index in [1.165, 1.54) is 0 Å². The van der Waals surface area contributed by atoms with Crippen LogP contribution in [0.4, 0.5) is 0 Å². The summed E-state index contributed by atoms with van der Waals surface area (Å²) in [6, 6.07) is 0. The summed E-state index contributed by atoms with van der Waals surface area (Å²) in [5.41, 5.74) is -4.44. The Bertz CT molecular complexity index is 620. The predicted octanol–water partition coefficient (Wildman–Crippen LogP) is 1.96. The molecule has 0 amide bonds. The maximum atomic E-state index is 12.7. The second kappa shape index (κ2) is 5.61. The molecule has 0 bridgehead atoms. The summed E-state index contributed by atoms with van der Waals surface area (Å²) in [6.45, 7) is 7.09. The number of aliphatic hydroxyl groups is 1. The van der Waals surface area contributed by atoms with E-state index in [0.717, 1.165) is 0 Å². The van der Waals surface area contributed by atoms with Gasteiger partial charge in [-0.3, -0.25) is 14.4 Å². The second-order valence-corrected chi connectivity index (χ2v) is 9.07. The Morgan fingerprint density at radius 3 is 2.52 bits per heavy atom. The van der Waals surface area contributed by atoms with Crippen LogP contribution in [0.5, 0.6) is 0 Å². The zero-order valence-corrected chi connectivity index (χ0v) is 15.5. The molecule has 0 unspecified atom stereocenters. The van der Waals surface area contributed by atoms with Gasteiger partial charge in [0.2, 0.25) is 0 Å². The summed E-state index contributed by atoms with van der Waals surface area (Å²) in [7, 11) is 0. The molecule has 3 aliphatic rings. The molecule has 0 aromatic heterocycles. The monoisotopic (exact) mass is 352 g/mol. The van der Waals surface area contributed by atoms with Crippen molar-refractivity contribution in [2.45, 2.75) is 83.5 Å². The molecule has 2 saturated carbocycles. The van der Waals surface area contributed by atoms with Gasteiger partial charge in [0, 0.05) is 18.3 Å². The molecule has 25 heavy (non-hydrogen) atoms. The van der Waals surface area contributed by atoms with Crippen molar-refractivity contribution < 1.29 is 29.0 Å². The first kappa shape index (κ1) is 18.5. The highest BCUT2D eigenvalue weighted by Gasteiger charge is 2.72. The van der Waals surface area contributed by atoms with Crippen LogP contribution >= 0.6 is 0 Å². The van der Waals surface area contributed by atoms with Gasteiger partial charge in [-0.05, 0) is 46.5 Å². The number of rotatable bonds is 1. The molecule has 1 aliphatic heterocycles. The van der Waals surface area contributed by atoms with Crippen molar-refractivity contribution in [3.05, 3.63) is 0 Å². The van der Waals surface area contributed by atoms with Crippen LogP contribution in [-0.4, -0.2) is 46.6 Å². The quantitative estimate of drug-likeness (QED) is 0.726. The van der Waals surface area contributed by atoms with Gasteiger partial charge in [0.05, 0.1) is 5.41 Å². The molecule has 0 radical (unpaired) electrons. The number of esters is 1. The Morgan fingerprint density at radius 1 is 1.28 bits per heavy atom. The fraction of sp³-hybridized carbons (Fsp3) is 0.842. The van der Waals surface area contributed by atoms with Gasteiger partial charge >= 0.3 is 5.97 Å². The van der Waals surface area contributed by atoms with Crippen molar-refractivity contribution >= 4 is 17.5 Å². The molecule has 1 N–H and O–H groups in total. The van der Waals surface area contributed by atoms with Crippen LogP contribution in [0.1, 0.15) is 66.2 Å². The molecule has 1 saturated heterocycles. The van der Waals surface area contributed by atoms with Crippen molar-refractivity contribution in [2.75, 3.05) is 6.61 Å². The Hall–Kier alpha value is -1.27. The number of ketones is 2. The lowest BCUT2D eigenvalue weighted by atomic mass is 9.49. The lowest BCUT2D eigenvalue weighted by molar-refractivity contribution is -0.268. The number of hydrogen-bond donors (Lipinski definition) is 1. The fourth-order valence-electron chi connectivity index (χ4n) is 4.77. The Labute approximate surface area is 148 Å². The zero-order valence-electron chi connectivity index (χ0n) is 15.5. The van der Waals surface area contributed by atoms with E-state index >= 15 is 0 Å². The van der Waals surface area contributed by atoms with Crippen LogP contribution in [0.15, 0.2) is 0 Å². The van der Waals surface area contributed by atoms with Gasteiger partial charge in [-0.1, -0.05) is 6.92 Å². The maximum Gasteiger partial charge on any atom is 0.311 e. The third kappa shape index (κ3) is 2.48. The van der Waals surface area contributed by atoms with Gasteiger partial charge in [-0.2, -0.15) is 0 Å². The third-order valence-electron chi connectivity index (χ3n) is 6.44. The molecular formula is C19H28O6. The number of carbonyl (C=O) groups excluding carboxylic acids is 3. The van der Waals surface area contributed by atoms with Gasteiger partial charge in [-0.25, -0.2) is 0 Å². The molecule has 0 aromatic carbocycles. The van der Waals surface area contributed by atoms with Crippen LogP contribution in [0.25, 0.3) is 0 Å². The molecule has 2 aliphatic carbocycles. The van der Waals surface area contributed by atoms with E-state index in [9.17, 15) is 19.5 Å². The molecule has 1 spiro atoms. The normalized spacial score (nSPS) is 41.7. The third-order valence-corrected chi connectivity index (χ3v) is 6.44. The number of ether oxygens (including phenoxy) is 2. The second-order valence-electron chi connectivity index (χ2n) is 9.07. The Kier molecular flexibility index (Phi) is 4.16. The molecule has 4 atom stereocenters. The Balaban J connectivity index is 1.99. The number of fused-ring (bicyclic) bond motifs is 2. The minimum atomic E-state index is -1.50. The van der Waals surface area contributed by atoms with Gasteiger partial charge in [0.15, 0.2) is 17.2 Å². The SMILES string of the molecule is CC(C)(C)C(=O)O[C@H]1CCC[C@@]2(O)[C@@]3(CC(=O)CO3)C(=O)CC[C@]12C. The summed E-state index contributed by atoms with van der Waals surface area (Å²) in [6.07, 6.45) is 1.67. The van der Waals surface area contributed by atoms with Crippen molar-refractivity contribution in [3.8, 4) is 0 Å². The number of carbonyl (C=O) groups is 3. The largest absolute Gasteiger partial charge is 0.461 e. The van der Waals surface area contributed by atoms with Crippen LogP contribution < -0.4 is 0 Å².